The van der Waals surface area contributed by atoms with Gasteiger partial charge in [0, 0.05) is 0 Å². The molecule has 2 aliphatic rings. The van der Waals surface area contributed by atoms with Crippen molar-refractivity contribution < 1.29 is 0 Å². The molecule has 0 spiro atoms. The van der Waals surface area contributed by atoms with Gasteiger partial charge in [-0.2, -0.15) is 0 Å². The molecule has 0 aromatic carbocycles. The average Bonchev–Trinajstić information content (AvgIpc) is 2.26. The molecule has 82 valence electrons. The van der Waals surface area contributed by atoms with Gasteiger partial charge in [0.15, 0.2) is 0 Å². The fraction of sp³-hybridized carbons (Fsp3) is 1.00. The second kappa shape index (κ2) is 2.23. The molecule has 2 rings (SSSR count). The van der Waals surface area contributed by atoms with Crippen LogP contribution in [-0.4, -0.2) is 0 Å². The molecule has 14 heavy (non-hydrogen) atoms. The Kier molecular flexibility index (Phi) is 1.67. The predicted molar refractivity (Wildman–Crippen MR) is 62.2 cm³/mol. The normalized spacial score (nSPS) is 46.9. The van der Waals surface area contributed by atoms with E-state index in [1.807, 2.05) is 0 Å². The summed E-state index contributed by atoms with van der Waals surface area (Å²) >= 11 is 0. The van der Waals surface area contributed by atoms with Crippen LogP contribution in [-0.2, 0) is 0 Å². The lowest BCUT2D eigenvalue weighted by Gasteiger charge is -2.51. The lowest BCUT2D eigenvalue weighted by molar-refractivity contribution is -0.0218. The van der Waals surface area contributed by atoms with Crippen molar-refractivity contribution in [3.8, 4) is 0 Å². The van der Waals surface area contributed by atoms with Crippen molar-refractivity contribution in [1.82, 2.24) is 0 Å². The zero-order chi connectivity index (χ0) is 11.0. The van der Waals surface area contributed by atoms with E-state index in [1.54, 1.807) is 0 Å². The third-order valence-electron chi connectivity index (χ3n) is 7.09. The highest BCUT2D eigenvalue weighted by molar-refractivity contribution is 5.20. The van der Waals surface area contributed by atoms with Gasteiger partial charge in [0.05, 0.1) is 0 Å². The third-order valence-corrected chi connectivity index (χ3v) is 7.09. The molecule has 2 fully saturated rings. The van der Waals surface area contributed by atoms with Gasteiger partial charge in [0.1, 0.15) is 0 Å². The molecule has 0 aromatic heterocycles. The van der Waals surface area contributed by atoms with E-state index in [0.717, 1.165) is 5.92 Å². The summed E-state index contributed by atoms with van der Waals surface area (Å²) in [6, 6.07) is 0. The maximum absolute atomic E-state index is 2.53. The van der Waals surface area contributed by atoms with E-state index in [0.29, 0.717) is 21.7 Å². The van der Waals surface area contributed by atoms with Gasteiger partial charge in [-0.15, -0.1) is 0 Å². The van der Waals surface area contributed by atoms with Crippen LogP contribution in [0, 0.1) is 27.6 Å². The van der Waals surface area contributed by atoms with Crippen molar-refractivity contribution in [2.45, 2.75) is 61.3 Å². The van der Waals surface area contributed by atoms with Gasteiger partial charge in [0.2, 0.25) is 0 Å². The number of hydrogen-bond donors (Lipinski definition) is 0. The van der Waals surface area contributed by atoms with Crippen molar-refractivity contribution in [2.75, 3.05) is 0 Å². The van der Waals surface area contributed by atoms with Crippen LogP contribution in [0.2, 0.25) is 0 Å². The number of fused-ring (bicyclic) bond motifs is 2. The molecule has 0 aliphatic heterocycles. The van der Waals surface area contributed by atoms with E-state index in [-0.39, 0.29) is 0 Å². The van der Waals surface area contributed by atoms with Gasteiger partial charge in [-0.3, -0.25) is 0 Å². The molecular weight excluding hydrogens is 168 g/mol. The number of rotatable bonds is 0. The SMILES string of the molecule is CC1(C)C2CCC(C)(C2(C)C)C1(C)C. The summed E-state index contributed by atoms with van der Waals surface area (Å²) in [5.41, 5.74) is 2.05. The molecule has 2 saturated carbocycles. The Hall–Kier alpha value is 0. The highest BCUT2D eigenvalue weighted by Crippen LogP contribution is 2.79. The summed E-state index contributed by atoms with van der Waals surface area (Å²) in [7, 11) is 0. The van der Waals surface area contributed by atoms with Crippen molar-refractivity contribution in [3.05, 3.63) is 0 Å². The van der Waals surface area contributed by atoms with Gasteiger partial charge >= 0.3 is 0 Å². The first-order chi connectivity index (χ1) is 6.09. The van der Waals surface area contributed by atoms with Gasteiger partial charge in [0.25, 0.3) is 0 Å². The van der Waals surface area contributed by atoms with E-state index in [9.17, 15) is 0 Å². The van der Waals surface area contributed by atoms with Crippen molar-refractivity contribution in [3.63, 3.8) is 0 Å². The van der Waals surface area contributed by atoms with Gasteiger partial charge in [-0.1, -0.05) is 48.5 Å². The van der Waals surface area contributed by atoms with E-state index >= 15 is 0 Å². The lowest BCUT2D eigenvalue weighted by Crippen LogP contribution is -2.43. The Morgan fingerprint density at radius 3 is 1.50 bits per heavy atom. The third kappa shape index (κ3) is 0.717. The summed E-state index contributed by atoms with van der Waals surface area (Å²) in [5, 5.41) is 0. The van der Waals surface area contributed by atoms with Crippen LogP contribution >= 0.6 is 0 Å². The first kappa shape index (κ1) is 10.5. The Balaban J connectivity index is 2.62. The minimum absolute atomic E-state index is 0.479. The largest absolute Gasteiger partial charge is 0.0591 e. The van der Waals surface area contributed by atoms with E-state index in [4.69, 9.17) is 0 Å². The maximum Gasteiger partial charge on any atom is -0.0215 e. The molecule has 0 N–H and O–H groups in total. The van der Waals surface area contributed by atoms with E-state index in [2.05, 4.69) is 48.5 Å². The molecule has 0 nitrogen and oxygen atoms in total. The second-order valence-electron chi connectivity index (χ2n) is 7.49. The van der Waals surface area contributed by atoms with Gasteiger partial charge in [-0.05, 0) is 40.4 Å². The standard InChI is InChI=1S/C14H26/c1-11(2)10-8-9-14(7,12(10,3)4)13(11,5)6/h10H,8-9H2,1-7H3. The Bertz CT molecular complexity index is 262. The lowest BCUT2D eigenvalue weighted by atomic mass is 9.54. The molecule has 0 saturated heterocycles. The zero-order valence-electron chi connectivity index (χ0n) is 11.0. The van der Waals surface area contributed by atoms with Crippen molar-refractivity contribution in [2.24, 2.45) is 27.6 Å². The Morgan fingerprint density at radius 1 is 0.786 bits per heavy atom. The molecule has 2 bridgehead atoms. The van der Waals surface area contributed by atoms with Crippen LogP contribution in [0.15, 0.2) is 0 Å². The van der Waals surface area contributed by atoms with Crippen LogP contribution in [0.5, 0.6) is 0 Å². The Morgan fingerprint density at radius 2 is 1.29 bits per heavy atom. The molecule has 0 amide bonds. The van der Waals surface area contributed by atoms with E-state index < -0.39 is 0 Å². The van der Waals surface area contributed by atoms with Crippen LogP contribution in [0.25, 0.3) is 0 Å². The highest BCUT2D eigenvalue weighted by atomic mass is 14.8. The minimum atomic E-state index is 0.479. The van der Waals surface area contributed by atoms with Crippen LogP contribution < -0.4 is 0 Å². The zero-order valence-corrected chi connectivity index (χ0v) is 11.0. The topological polar surface area (TPSA) is 0 Å². The summed E-state index contributed by atoms with van der Waals surface area (Å²) in [5.74, 6) is 0.912. The average molecular weight is 194 g/mol. The van der Waals surface area contributed by atoms with Crippen molar-refractivity contribution in [1.29, 1.82) is 0 Å². The fourth-order valence-electron chi connectivity index (χ4n) is 5.03. The monoisotopic (exact) mass is 194 g/mol. The molecule has 0 aromatic rings. The molecule has 0 heterocycles. The molecule has 2 unspecified atom stereocenters. The van der Waals surface area contributed by atoms with E-state index in [1.165, 1.54) is 12.8 Å². The predicted octanol–water partition coefficient (Wildman–Crippen LogP) is 4.49. The van der Waals surface area contributed by atoms with Crippen LogP contribution in [0.1, 0.15) is 61.3 Å². The van der Waals surface area contributed by atoms with Crippen LogP contribution in [0.4, 0.5) is 0 Å². The van der Waals surface area contributed by atoms with Crippen molar-refractivity contribution >= 4 is 0 Å². The summed E-state index contributed by atoms with van der Waals surface area (Å²) in [6.45, 7) is 17.5. The van der Waals surface area contributed by atoms with Crippen LogP contribution in [0.3, 0.4) is 0 Å². The molecule has 0 radical (unpaired) electrons. The fourth-order valence-corrected chi connectivity index (χ4v) is 5.03. The smallest absolute Gasteiger partial charge is 0.0215 e. The second-order valence-corrected chi connectivity index (χ2v) is 7.49. The summed E-state index contributed by atoms with van der Waals surface area (Å²) < 4.78 is 0. The molecule has 2 aliphatic carbocycles. The van der Waals surface area contributed by atoms with Gasteiger partial charge in [-0.25, -0.2) is 0 Å². The highest BCUT2D eigenvalue weighted by Gasteiger charge is 2.72. The molecule has 0 heteroatoms. The molecular formula is C14H26. The minimum Gasteiger partial charge on any atom is -0.0591 e. The number of hydrogen-bond acceptors (Lipinski definition) is 0. The van der Waals surface area contributed by atoms with Gasteiger partial charge < -0.3 is 0 Å². The maximum atomic E-state index is 2.53. The Labute approximate surface area is 89.5 Å². The molecule has 2 atom stereocenters. The first-order valence-electron chi connectivity index (χ1n) is 6.09. The summed E-state index contributed by atoms with van der Waals surface area (Å²) in [4.78, 5) is 0. The summed E-state index contributed by atoms with van der Waals surface area (Å²) in [6.07, 6.45) is 2.88. The quantitative estimate of drug-likeness (QED) is 0.533. The first-order valence-corrected chi connectivity index (χ1v) is 6.09.